The molecule has 0 saturated carbocycles. The van der Waals surface area contributed by atoms with E-state index in [1.54, 1.807) is 5.56 Å². The highest BCUT2D eigenvalue weighted by atomic mass is 35.5. The van der Waals surface area contributed by atoms with Crippen molar-refractivity contribution >= 4 is 24.8 Å². The lowest BCUT2D eigenvalue weighted by atomic mass is 9.90. The third-order valence-electron chi connectivity index (χ3n) is 4.40. The molecule has 0 aliphatic carbocycles. The highest BCUT2D eigenvalue weighted by Crippen LogP contribution is 2.25. The lowest BCUT2D eigenvalue weighted by Gasteiger charge is -2.23. The minimum Gasteiger partial charge on any atom is -0.317 e. The normalized spacial score (nSPS) is 20.2. The van der Waals surface area contributed by atoms with Gasteiger partial charge in [-0.25, -0.2) is 0 Å². The first-order valence-electron chi connectivity index (χ1n) is 7.44. The van der Waals surface area contributed by atoms with Crippen LogP contribution in [-0.2, 0) is 6.54 Å². The van der Waals surface area contributed by atoms with Crippen LogP contribution in [0.25, 0.3) is 0 Å². The van der Waals surface area contributed by atoms with Gasteiger partial charge in [-0.15, -0.1) is 24.8 Å². The predicted octanol–water partition coefficient (Wildman–Crippen LogP) is 3.59. The Balaban J connectivity index is 0.000001000. The van der Waals surface area contributed by atoms with Crippen molar-refractivity contribution in [2.75, 3.05) is 26.2 Å². The highest BCUT2D eigenvalue weighted by Gasteiger charge is 2.15. The van der Waals surface area contributed by atoms with Crippen molar-refractivity contribution in [3.05, 3.63) is 35.4 Å². The molecule has 0 amide bonds. The lowest BCUT2D eigenvalue weighted by Crippen LogP contribution is -2.26. The van der Waals surface area contributed by atoms with Crippen molar-refractivity contribution in [2.45, 2.75) is 38.1 Å². The average molecular weight is 317 g/mol. The molecule has 0 unspecified atom stereocenters. The van der Waals surface area contributed by atoms with Crippen molar-refractivity contribution in [1.82, 2.24) is 10.2 Å². The van der Waals surface area contributed by atoms with Crippen LogP contribution >= 0.6 is 24.8 Å². The van der Waals surface area contributed by atoms with E-state index in [1.807, 2.05) is 0 Å². The number of halogens is 2. The molecule has 0 bridgehead atoms. The van der Waals surface area contributed by atoms with Gasteiger partial charge in [0.05, 0.1) is 0 Å². The molecule has 20 heavy (non-hydrogen) atoms. The van der Waals surface area contributed by atoms with E-state index < -0.39 is 0 Å². The minimum absolute atomic E-state index is 0. The number of hydrogen-bond acceptors (Lipinski definition) is 2. The fraction of sp³-hybridized carbons (Fsp3) is 0.625. The van der Waals surface area contributed by atoms with E-state index in [9.17, 15) is 0 Å². The maximum Gasteiger partial charge on any atom is 0.0233 e. The van der Waals surface area contributed by atoms with Gasteiger partial charge in [0.25, 0.3) is 0 Å². The maximum absolute atomic E-state index is 3.44. The van der Waals surface area contributed by atoms with Gasteiger partial charge in [0.2, 0.25) is 0 Å². The highest BCUT2D eigenvalue weighted by molar-refractivity contribution is 5.85. The van der Waals surface area contributed by atoms with Gasteiger partial charge in [-0.1, -0.05) is 24.3 Å². The van der Waals surface area contributed by atoms with Crippen LogP contribution in [0.5, 0.6) is 0 Å². The molecule has 2 fully saturated rings. The summed E-state index contributed by atoms with van der Waals surface area (Å²) in [4.78, 5) is 2.57. The van der Waals surface area contributed by atoms with Crippen LogP contribution in [-0.4, -0.2) is 31.1 Å². The Kier molecular flexibility index (Phi) is 7.90. The first-order chi connectivity index (χ1) is 8.92. The van der Waals surface area contributed by atoms with E-state index in [0.717, 1.165) is 12.5 Å². The molecule has 0 atom stereocenters. The molecule has 1 N–H and O–H groups in total. The molecule has 3 rings (SSSR count). The Labute approximate surface area is 135 Å². The SMILES string of the molecule is Cl.Cl.c1cc(C2CCNCC2)ccc1CN1CCCC1. The van der Waals surface area contributed by atoms with Crippen molar-refractivity contribution < 1.29 is 0 Å². The zero-order valence-electron chi connectivity index (χ0n) is 12.0. The van der Waals surface area contributed by atoms with Crippen LogP contribution in [0.3, 0.4) is 0 Å². The minimum atomic E-state index is 0. The summed E-state index contributed by atoms with van der Waals surface area (Å²) in [6.07, 6.45) is 5.36. The summed E-state index contributed by atoms with van der Waals surface area (Å²) in [6, 6.07) is 9.41. The molecule has 2 aliphatic rings. The molecule has 1 aromatic carbocycles. The van der Waals surface area contributed by atoms with Crippen LogP contribution in [0, 0.1) is 0 Å². The first kappa shape index (κ1) is 17.8. The van der Waals surface area contributed by atoms with E-state index in [4.69, 9.17) is 0 Å². The molecule has 2 heterocycles. The second kappa shape index (κ2) is 8.89. The standard InChI is InChI=1S/C16H24N2.2ClH/c1-2-12-18(11-1)13-14-3-5-15(6-4-14)16-7-9-17-10-8-16;;/h3-6,16-17H,1-2,7-13H2;2*1H. The Hall–Kier alpha value is -0.280. The van der Waals surface area contributed by atoms with Gasteiger partial charge in [0.15, 0.2) is 0 Å². The predicted molar refractivity (Wildman–Crippen MR) is 90.3 cm³/mol. The maximum atomic E-state index is 3.44. The number of nitrogens with one attached hydrogen (secondary N) is 1. The van der Waals surface area contributed by atoms with Crippen LogP contribution in [0.1, 0.15) is 42.7 Å². The Morgan fingerprint density at radius 1 is 0.950 bits per heavy atom. The number of benzene rings is 1. The Morgan fingerprint density at radius 2 is 1.55 bits per heavy atom. The second-order valence-electron chi connectivity index (χ2n) is 5.75. The molecular weight excluding hydrogens is 291 g/mol. The molecule has 2 nitrogen and oxygen atoms in total. The lowest BCUT2D eigenvalue weighted by molar-refractivity contribution is 0.331. The third-order valence-corrected chi connectivity index (χ3v) is 4.40. The summed E-state index contributed by atoms with van der Waals surface area (Å²) in [6.45, 7) is 6.08. The zero-order valence-corrected chi connectivity index (χ0v) is 13.6. The van der Waals surface area contributed by atoms with Gasteiger partial charge in [0.1, 0.15) is 0 Å². The molecule has 114 valence electrons. The molecular formula is C16H26Cl2N2. The van der Waals surface area contributed by atoms with Crippen molar-refractivity contribution in [3.63, 3.8) is 0 Å². The molecule has 0 aromatic heterocycles. The largest absolute Gasteiger partial charge is 0.317 e. The molecule has 0 radical (unpaired) electrons. The van der Waals surface area contributed by atoms with Crippen LogP contribution in [0.15, 0.2) is 24.3 Å². The monoisotopic (exact) mass is 316 g/mol. The van der Waals surface area contributed by atoms with Crippen LogP contribution in [0.2, 0.25) is 0 Å². The van der Waals surface area contributed by atoms with Gasteiger partial charge in [-0.05, 0) is 68.9 Å². The van der Waals surface area contributed by atoms with E-state index >= 15 is 0 Å². The number of rotatable bonds is 3. The van der Waals surface area contributed by atoms with E-state index in [-0.39, 0.29) is 24.8 Å². The number of hydrogen-bond donors (Lipinski definition) is 1. The topological polar surface area (TPSA) is 15.3 Å². The van der Waals surface area contributed by atoms with Gasteiger partial charge in [-0.2, -0.15) is 0 Å². The second-order valence-corrected chi connectivity index (χ2v) is 5.75. The average Bonchev–Trinajstić information content (AvgIpc) is 2.94. The Morgan fingerprint density at radius 3 is 2.15 bits per heavy atom. The number of likely N-dealkylation sites (tertiary alicyclic amines) is 1. The number of piperidine rings is 1. The summed E-state index contributed by atoms with van der Waals surface area (Å²) in [5.74, 6) is 0.784. The smallest absolute Gasteiger partial charge is 0.0233 e. The molecule has 4 heteroatoms. The molecule has 0 spiro atoms. The third kappa shape index (κ3) is 4.63. The van der Waals surface area contributed by atoms with E-state index in [1.165, 1.54) is 57.4 Å². The van der Waals surface area contributed by atoms with E-state index in [0.29, 0.717) is 0 Å². The fourth-order valence-corrected chi connectivity index (χ4v) is 3.25. The summed E-state index contributed by atoms with van der Waals surface area (Å²) in [5, 5.41) is 3.44. The zero-order chi connectivity index (χ0) is 12.2. The van der Waals surface area contributed by atoms with Gasteiger partial charge < -0.3 is 5.32 Å². The number of nitrogens with zero attached hydrogens (tertiary/aromatic N) is 1. The van der Waals surface area contributed by atoms with Crippen molar-refractivity contribution in [2.24, 2.45) is 0 Å². The van der Waals surface area contributed by atoms with Crippen molar-refractivity contribution in [3.8, 4) is 0 Å². The quantitative estimate of drug-likeness (QED) is 0.916. The van der Waals surface area contributed by atoms with Gasteiger partial charge >= 0.3 is 0 Å². The van der Waals surface area contributed by atoms with Gasteiger partial charge in [-0.3, -0.25) is 4.90 Å². The van der Waals surface area contributed by atoms with Crippen molar-refractivity contribution in [1.29, 1.82) is 0 Å². The van der Waals surface area contributed by atoms with E-state index in [2.05, 4.69) is 34.5 Å². The van der Waals surface area contributed by atoms with Crippen LogP contribution < -0.4 is 5.32 Å². The summed E-state index contributed by atoms with van der Waals surface area (Å²) >= 11 is 0. The molecule has 1 aromatic rings. The Bertz CT molecular complexity index is 369. The summed E-state index contributed by atoms with van der Waals surface area (Å²) in [7, 11) is 0. The van der Waals surface area contributed by atoms with Crippen LogP contribution in [0.4, 0.5) is 0 Å². The molecule has 2 aliphatic heterocycles. The summed E-state index contributed by atoms with van der Waals surface area (Å²) < 4.78 is 0. The first-order valence-corrected chi connectivity index (χ1v) is 7.44. The summed E-state index contributed by atoms with van der Waals surface area (Å²) in [5.41, 5.74) is 3.02. The van der Waals surface area contributed by atoms with Gasteiger partial charge in [0, 0.05) is 6.54 Å². The molecule has 2 saturated heterocycles. The fourth-order valence-electron chi connectivity index (χ4n) is 3.25.